The minimum Gasteiger partial charge on any atom is -0.349 e. The normalized spacial score (nSPS) is 16.8. The zero-order chi connectivity index (χ0) is 22.8. The molecule has 1 aliphatic rings. The Morgan fingerprint density at radius 1 is 1.06 bits per heavy atom. The van der Waals surface area contributed by atoms with Crippen LogP contribution in [0.1, 0.15) is 53.6 Å². The molecule has 1 saturated heterocycles. The number of sulfonamides is 1. The van der Waals surface area contributed by atoms with Crippen molar-refractivity contribution < 1.29 is 17.6 Å². The predicted octanol–water partition coefficient (Wildman–Crippen LogP) is 4.17. The third-order valence-electron chi connectivity index (χ3n) is 6.19. The number of amides is 1. The third kappa shape index (κ3) is 5.71. The lowest BCUT2D eigenvalue weighted by Gasteiger charge is -2.31. The number of nitrogens with zero attached hydrogens (tertiary/aromatic N) is 1. The molecule has 2 aromatic rings. The fourth-order valence-electron chi connectivity index (χ4n) is 4.14. The Morgan fingerprint density at radius 3 is 2.26 bits per heavy atom. The van der Waals surface area contributed by atoms with E-state index < -0.39 is 15.8 Å². The van der Waals surface area contributed by atoms with E-state index in [4.69, 9.17) is 0 Å². The Kier molecular flexibility index (Phi) is 7.17. The smallest absolute Gasteiger partial charge is 0.223 e. The van der Waals surface area contributed by atoms with E-state index in [1.165, 1.54) is 39.7 Å². The number of aryl methyl sites for hydroxylation is 3. The van der Waals surface area contributed by atoms with Crippen LogP contribution in [0.5, 0.6) is 0 Å². The minimum atomic E-state index is -3.50. The molecule has 0 aromatic heterocycles. The molecule has 1 heterocycles. The lowest BCUT2D eigenvalue weighted by Crippen LogP contribution is -2.43. The van der Waals surface area contributed by atoms with Gasteiger partial charge in [-0.25, -0.2) is 17.1 Å². The molecule has 5 nitrogen and oxygen atoms in total. The number of benzene rings is 2. The SMILES string of the molecule is Cc1cc(C)c(C(C)NC(=O)C2CCN(S(=O)(=O)Cc3ccc(F)cc3)CC2)cc1C. The Morgan fingerprint density at radius 2 is 1.65 bits per heavy atom. The summed E-state index contributed by atoms with van der Waals surface area (Å²) in [5.74, 6) is -0.779. The molecule has 3 rings (SSSR count). The fraction of sp³-hybridized carbons (Fsp3) is 0.458. The van der Waals surface area contributed by atoms with Crippen molar-refractivity contribution in [2.75, 3.05) is 13.1 Å². The zero-order valence-electron chi connectivity index (χ0n) is 18.6. The van der Waals surface area contributed by atoms with Crippen molar-refractivity contribution in [3.63, 3.8) is 0 Å². The summed E-state index contributed by atoms with van der Waals surface area (Å²) >= 11 is 0. The van der Waals surface area contributed by atoms with Crippen LogP contribution in [-0.4, -0.2) is 31.7 Å². The van der Waals surface area contributed by atoms with Gasteiger partial charge in [-0.05, 0) is 80.5 Å². The maximum atomic E-state index is 13.1. The van der Waals surface area contributed by atoms with Crippen molar-refractivity contribution >= 4 is 15.9 Å². The largest absolute Gasteiger partial charge is 0.349 e. The molecule has 31 heavy (non-hydrogen) atoms. The quantitative estimate of drug-likeness (QED) is 0.724. The van der Waals surface area contributed by atoms with Gasteiger partial charge in [-0.3, -0.25) is 4.79 Å². The summed E-state index contributed by atoms with van der Waals surface area (Å²) in [7, 11) is -3.50. The molecule has 1 amide bonds. The van der Waals surface area contributed by atoms with E-state index in [0.29, 0.717) is 31.5 Å². The summed E-state index contributed by atoms with van der Waals surface area (Å²) in [6.07, 6.45) is 0.986. The van der Waals surface area contributed by atoms with Gasteiger partial charge in [0.25, 0.3) is 0 Å². The number of nitrogens with one attached hydrogen (secondary N) is 1. The Balaban J connectivity index is 1.57. The lowest BCUT2D eigenvalue weighted by molar-refractivity contribution is -0.126. The molecule has 7 heteroatoms. The molecule has 1 N–H and O–H groups in total. The van der Waals surface area contributed by atoms with Crippen LogP contribution in [0.15, 0.2) is 36.4 Å². The molecule has 1 unspecified atom stereocenters. The monoisotopic (exact) mass is 446 g/mol. The van der Waals surface area contributed by atoms with E-state index >= 15 is 0 Å². The first-order valence-corrected chi connectivity index (χ1v) is 12.3. The highest BCUT2D eigenvalue weighted by molar-refractivity contribution is 7.88. The van der Waals surface area contributed by atoms with Gasteiger partial charge in [-0.2, -0.15) is 0 Å². The van der Waals surface area contributed by atoms with Crippen molar-refractivity contribution in [3.05, 3.63) is 70.0 Å². The summed E-state index contributed by atoms with van der Waals surface area (Å²) in [5, 5.41) is 3.11. The van der Waals surface area contributed by atoms with E-state index in [0.717, 1.165) is 11.1 Å². The highest BCUT2D eigenvalue weighted by atomic mass is 32.2. The molecule has 0 aliphatic carbocycles. The molecule has 1 fully saturated rings. The molecular formula is C24H31FN2O3S. The van der Waals surface area contributed by atoms with Crippen LogP contribution in [0.4, 0.5) is 4.39 Å². The third-order valence-corrected chi connectivity index (χ3v) is 8.04. The summed E-state index contributed by atoms with van der Waals surface area (Å²) in [6.45, 7) is 8.81. The first-order chi connectivity index (χ1) is 14.6. The van der Waals surface area contributed by atoms with Gasteiger partial charge < -0.3 is 5.32 Å². The molecular weight excluding hydrogens is 415 g/mol. The van der Waals surface area contributed by atoms with Crippen LogP contribution in [0, 0.1) is 32.5 Å². The van der Waals surface area contributed by atoms with Crippen LogP contribution in [0.3, 0.4) is 0 Å². The van der Waals surface area contributed by atoms with E-state index in [2.05, 4.69) is 38.2 Å². The molecule has 168 valence electrons. The van der Waals surface area contributed by atoms with Gasteiger partial charge in [-0.1, -0.05) is 24.3 Å². The van der Waals surface area contributed by atoms with E-state index in [-0.39, 0.29) is 23.6 Å². The van der Waals surface area contributed by atoms with Crippen molar-refractivity contribution in [1.82, 2.24) is 9.62 Å². The standard InChI is InChI=1S/C24H31FN2O3S/c1-16-13-18(3)23(14-17(16)2)19(4)26-24(28)21-9-11-27(12-10-21)31(29,30)15-20-5-7-22(25)8-6-20/h5-8,13-14,19,21H,9-12,15H2,1-4H3,(H,26,28). The number of carbonyl (C=O) groups excluding carboxylic acids is 1. The second-order valence-electron chi connectivity index (χ2n) is 8.58. The second-order valence-corrected chi connectivity index (χ2v) is 10.5. The van der Waals surface area contributed by atoms with Crippen LogP contribution in [0.25, 0.3) is 0 Å². The zero-order valence-corrected chi connectivity index (χ0v) is 19.4. The van der Waals surface area contributed by atoms with Gasteiger partial charge in [-0.15, -0.1) is 0 Å². The first-order valence-electron chi connectivity index (χ1n) is 10.7. The van der Waals surface area contributed by atoms with E-state index in [9.17, 15) is 17.6 Å². The Bertz CT molecular complexity index is 1040. The Hall–Kier alpha value is -2.25. The second kappa shape index (κ2) is 9.49. The predicted molar refractivity (Wildman–Crippen MR) is 121 cm³/mol. The number of piperidine rings is 1. The minimum absolute atomic E-state index is 0.0271. The van der Waals surface area contributed by atoms with Crippen molar-refractivity contribution in [2.24, 2.45) is 5.92 Å². The fourth-order valence-corrected chi connectivity index (χ4v) is 5.70. The van der Waals surface area contributed by atoms with Gasteiger partial charge in [0.15, 0.2) is 0 Å². The average molecular weight is 447 g/mol. The summed E-state index contributed by atoms with van der Waals surface area (Å²) in [6, 6.07) is 9.66. The number of hydrogen-bond donors (Lipinski definition) is 1. The highest BCUT2D eigenvalue weighted by Crippen LogP contribution is 2.25. The van der Waals surface area contributed by atoms with E-state index in [1.54, 1.807) is 0 Å². The number of halogens is 1. The number of carbonyl (C=O) groups is 1. The van der Waals surface area contributed by atoms with Crippen LogP contribution < -0.4 is 5.32 Å². The summed E-state index contributed by atoms with van der Waals surface area (Å²) < 4.78 is 39.9. The van der Waals surface area contributed by atoms with Crippen LogP contribution >= 0.6 is 0 Å². The molecule has 1 atom stereocenters. The molecule has 0 bridgehead atoms. The molecule has 0 saturated carbocycles. The number of hydrogen-bond acceptors (Lipinski definition) is 3. The van der Waals surface area contributed by atoms with Gasteiger partial charge in [0.05, 0.1) is 11.8 Å². The van der Waals surface area contributed by atoms with Gasteiger partial charge >= 0.3 is 0 Å². The van der Waals surface area contributed by atoms with Gasteiger partial charge in [0.2, 0.25) is 15.9 Å². The molecule has 0 radical (unpaired) electrons. The molecule has 0 spiro atoms. The molecule has 2 aromatic carbocycles. The maximum absolute atomic E-state index is 13.1. The Labute approximate surface area is 184 Å². The van der Waals surface area contributed by atoms with Crippen molar-refractivity contribution in [2.45, 2.75) is 52.3 Å². The van der Waals surface area contributed by atoms with Crippen molar-refractivity contribution in [3.8, 4) is 0 Å². The topological polar surface area (TPSA) is 66.5 Å². The highest BCUT2D eigenvalue weighted by Gasteiger charge is 2.31. The first kappa shape index (κ1) is 23.4. The maximum Gasteiger partial charge on any atom is 0.223 e. The molecule has 1 aliphatic heterocycles. The van der Waals surface area contributed by atoms with Gasteiger partial charge in [0.1, 0.15) is 5.82 Å². The van der Waals surface area contributed by atoms with Crippen LogP contribution in [-0.2, 0) is 20.6 Å². The summed E-state index contributed by atoms with van der Waals surface area (Å²) in [4.78, 5) is 12.8. The average Bonchev–Trinajstić information content (AvgIpc) is 2.72. The lowest BCUT2D eigenvalue weighted by atomic mass is 9.94. The van der Waals surface area contributed by atoms with Crippen molar-refractivity contribution in [1.29, 1.82) is 0 Å². The van der Waals surface area contributed by atoms with Gasteiger partial charge in [0, 0.05) is 19.0 Å². The van der Waals surface area contributed by atoms with Crippen LogP contribution in [0.2, 0.25) is 0 Å². The summed E-state index contributed by atoms with van der Waals surface area (Å²) in [5.41, 5.74) is 5.24. The van der Waals surface area contributed by atoms with E-state index in [1.807, 2.05) is 6.92 Å². The number of rotatable bonds is 6.